The van der Waals surface area contributed by atoms with Gasteiger partial charge in [0.2, 0.25) is 5.91 Å². The van der Waals surface area contributed by atoms with Crippen LogP contribution >= 0.6 is 0 Å². The standard InChI is InChI=1S/C15H17N3O/c1-11-10-17-7-6-14(11)18-15(19)8-12-4-2-3-5-13(12)9-16/h2-7,10H,8-9,16H2,1H3,(H,17,18,19). The first-order valence-electron chi connectivity index (χ1n) is 6.18. The van der Waals surface area contributed by atoms with Crippen molar-refractivity contribution in [3.05, 3.63) is 59.4 Å². The lowest BCUT2D eigenvalue weighted by atomic mass is 10.0. The van der Waals surface area contributed by atoms with Crippen molar-refractivity contribution in [2.24, 2.45) is 5.73 Å². The first-order valence-corrected chi connectivity index (χ1v) is 6.18. The van der Waals surface area contributed by atoms with Gasteiger partial charge in [0.15, 0.2) is 0 Å². The highest BCUT2D eigenvalue weighted by molar-refractivity contribution is 5.93. The van der Waals surface area contributed by atoms with Gasteiger partial charge in [0.05, 0.1) is 6.42 Å². The van der Waals surface area contributed by atoms with Crippen LogP contribution in [-0.4, -0.2) is 10.9 Å². The van der Waals surface area contributed by atoms with Crippen molar-refractivity contribution < 1.29 is 4.79 Å². The Hall–Kier alpha value is -2.20. The molecular formula is C15H17N3O. The van der Waals surface area contributed by atoms with Crippen LogP contribution in [-0.2, 0) is 17.8 Å². The summed E-state index contributed by atoms with van der Waals surface area (Å²) in [6, 6.07) is 9.51. The summed E-state index contributed by atoms with van der Waals surface area (Å²) < 4.78 is 0. The lowest BCUT2D eigenvalue weighted by Crippen LogP contribution is -2.16. The molecule has 1 amide bonds. The summed E-state index contributed by atoms with van der Waals surface area (Å²) >= 11 is 0. The molecule has 0 aliphatic heterocycles. The zero-order valence-electron chi connectivity index (χ0n) is 10.9. The first kappa shape index (κ1) is 13.2. The third-order valence-corrected chi connectivity index (χ3v) is 2.98. The Morgan fingerprint density at radius 3 is 2.68 bits per heavy atom. The van der Waals surface area contributed by atoms with Crippen LogP contribution in [0, 0.1) is 6.92 Å². The molecule has 3 N–H and O–H groups in total. The van der Waals surface area contributed by atoms with Gasteiger partial charge >= 0.3 is 0 Å². The molecule has 0 spiro atoms. The third kappa shape index (κ3) is 3.39. The number of pyridine rings is 1. The van der Waals surface area contributed by atoms with Gasteiger partial charge in [0, 0.05) is 24.6 Å². The van der Waals surface area contributed by atoms with E-state index in [0.29, 0.717) is 13.0 Å². The maximum absolute atomic E-state index is 12.0. The molecular weight excluding hydrogens is 238 g/mol. The Kier molecular flexibility index (Phi) is 4.26. The summed E-state index contributed by atoms with van der Waals surface area (Å²) in [4.78, 5) is 16.0. The maximum atomic E-state index is 12.0. The molecule has 0 aliphatic rings. The maximum Gasteiger partial charge on any atom is 0.228 e. The highest BCUT2D eigenvalue weighted by Crippen LogP contribution is 2.14. The number of carbonyl (C=O) groups is 1. The van der Waals surface area contributed by atoms with Gasteiger partial charge in [-0.15, -0.1) is 0 Å². The molecule has 4 nitrogen and oxygen atoms in total. The summed E-state index contributed by atoms with van der Waals surface area (Å²) in [5.41, 5.74) is 9.38. The molecule has 0 fully saturated rings. The quantitative estimate of drug-likeness (QED) is 0.878. The Morgan fingerprint density at radius 1 is 1.26 bits per heavy atom. The molecule has 98 valence electrons. The average Bonchev–Trinajstić information content (AvgIpc) is 2.42. The van der Waals surface area contributed by atoms with E-state index in [1.54, 1.807) is 18.5 Å². The first-order chi connectivity index (χ1) is 9.20. The van der Waals surface area contributed by atoms with Gasteiger partial charge in [0.25, 0.3) is 0 Å². The molecule has 1 heterocycles. The van der Waals surface area contributed by atoms with E-state index in [0.717, 1.165) is 22.4 Å². The van der Waals surface area contributed by atoms with E-state index in [1.807, 2.05) is 31.2 Å². The Balaban J connectivity index is 2.08. The Bertz CT molecular complexity index is 581. The molecule has 0 saturated heterocycles. The molecule has 0 aliphatic carbocycles. The van der Waals surface area contributed by atoms with Crippen molar-refractivity contribution in [1.29, 1.82) is 0 Å². The van der Waals surface area contributed by atoms with Crippen molar-refractivity contribution >= 4 is 11.6 Å². The predicted octanol–water partition coefficient (Wildman–Crippen LogP) is 2.03. The fourth-order valence-corrected chi connectivity index (χ4v) is 1.91. The zero-order valence-corrected chi connectivity index (χ0v) is 10.9. The monoisotopic (exact) mass is 255 g/mol. The molecule has 0 atom stereocenters. The van der Waals surface area contributed by atoms with Crippen LogP contribution in [0.5, 0.6) is 0 Å². The summed E-state index contributed by atoms with van der Waals surface area (Å²) in [5.74, 6) is -0.0461. The van der Waals surface area contributed by atoms with Crippen molar-refractivity contribution in [2.45, 2.75) is 19.9 Å². The van der Waals surface area contributed by atoms with Gasteiger partial charge in [-0.1, -0.05) is 24.3 Å². The van der Waals surface area contributed by atoms with Gasteiger partial charge in [0.1, 0.15) is 0 Å². The number of rotatable bonds is 4. The summed E-state index contributed by atoms with van der Waals surface area (Å²) in [6.07, 6.45) is 3.72. The number of nitrogens with two attached hydrogens (primary N) is 1. The van der Waals surface area contributed by atoms with Crippen LogP contribution in [0.2, 0.25) is 0 Å². The van der Waals surface area contributed by atoms with Crippen LogP contribution in [0.15, 0.2) is 42.7 Å². The number of hydrogen-bond acceptors (Lipinski definition) is 3. The van der Waals surface area contributed by atoms with Crippen LogP contribution in [0.25, 0.3) is 0 Å². The van der Waals surface area contributed by atoms with Gasteiger partial charge < -0.3 is 11.1 Å². The highest BCUT2D eigenvalue weighted by atomic mass is 16.1. The molecule has 4 heteroatoms. The van der Waals surface area contributed by atoms with E-state index in [1.165, 1.54) is 0 Å². The average molecular weight is 255 g/mol. The molecule has 1 aromatic carbocycles. The predicted molar refractivity (Wildman–Crippen MR) is 75.6 cm³/mol. The number of aryl methyl sites for hydroxylation is 1. The van der Waals surface area contributed by atoms with Gasteiger partial charge in [-0.3, -0.25) is 9.78 Å². The minimum atomic E-state index is -0.0461. The molecule has 1 aromatic heterocycles. The highest BCUT2D eigenvalue weighted by Gasteiger charge is 2.08. The van der Waals surface area contributed by atoms with Gasteiger partial charge in [-0.2, -0.15) is 0 Å². The summed E-state index contributed by atoms with van der Waals surface area (Å²) in [5, 5.41) is 2.89. The van der Waals surface area contributed by atoms with E-state index in [9.17, 15) is 4.79 Å². The minimum absolute atomic E-state index is 0.0461. The number of aromatic nitrogens is 1. The van der Waals surface area contributed by atoms with Crippen molar-refractivity contribution in [1.82, 2.24) is 4.98 Å². The number of anilines is 1. The number of benzene rings is 1. The number of hydrogen-bond donors (Lipinski definition) is 2. The minimum Gasteiger partial charge on any atom is -0.326 e. The van der Waals surface area contributed by atoms with Crippen molar-refractivity contribution in [3.8, 4) is 0 Å². The lowest BCUT2D eigenvalue weighted by molar-refractivity contribution is -0.115. The largest absolute Gasteiger partial charge is 0.326 e. The van der Waals surface area contributed by atoms with E-state index < -0.39 is 0 Å². The molecule has 0 saturated carbocycles. The van der Waals surface area contributed by atoms with E-state index in [-0.39, 0.29) is 5.91 Å². The molecule has 19 heavy (non-hydrogen) atoms. The molecule has 0 radical (unpaired) electrons. The van der Waals surface area contributed by atoms with Crippen molar-refractivity contribution in [3.63, 3.8) is 0 Å². The second kappa shape index (κ2) is 6.11. The van der Waals surface area contributed by atoms with E-state index in [4.69, 9.17) is 5.73 Å². The Morgan fingerprint density at radius 2 is 2.00 bits per heavy atom. The smallest absolute Gasteiger partial charge is 0.228 e. The Labute approximate surface area is 112 Å². The lowest BCUT2D eigenvalue weighted by Gasteiger charge is -2.10. The fraction of sp³-hybridized carbons (Fsp3) is 0.200. The third-order valence-electron chi connectivity index (χ3n) is 2.98. The second-order valence-corrected chi connectivity index (χ2v) is 4.39. The van der Waals surface area contributed by atoms with Crippen molar-refractivity contribution in [2.75, 3.05) is 5.32 Å². The molecule has 0 unspecified atom stereocenters. The number of nitrogens with zero attached hydrogens (tertiary/aromatic N) is 1. The van der Waals surface area contributed by atoms with Crippen LogP contribution in [0.3, 0.4) is 0 Å². The van der Waals surface area contributed by atoms with E-state index >= 15 is 0 Å². The molecule has 2 aromatic rings. The van der Waals surface area contributed by atoms with Crippen LogP contribution in [0.4, 0.5) is 5.69 Å². The summed E-state index contributed by atoms with van der Waals surface area (Å²) in [6.45, 7) is 2.36. The van der Waals surface area contributed by atoms with Gasteiger partial charge in [-0.05, 0) is 29.7 Å². The number of carbonyl (C=O) groups excluding carboxylic acids is 1. The summed E-state index contributed by atoms with van der Waals surface area (Å²) in [7, 11) is 0. The zero-order chi connectivity index (χ0) is 13.7. The van der Waals surface area contributed by atoms with Gasteiger partial charge in [-0.25, -0.2) is 0 Å². The number of amides is 1. The van der Waals surface area contributed by atoms with E-state index in [2.05, 4.69) is 10.3 Å². The number of nitrogens with one attached hydrogen (secondary N) is 1. The SMILES string of the molecule is Cc1cnccc1NC(=O)Cc1ccccc1CN. The molecule has 2 rings (SSSR count). The topological polar surface area (TPSA) is 68.0 Å². The van der Waals surface area contributed by atoms with Crippen LogP contribution in [0.1, 0.15) is 16.7 Å². The normalized spacial score (nSPS) is 10.2. The second-order valence-electron chi connectivity index (χ2n) is 4.39. The fourth-order valence-electron chi connectivity index (χ4n) is 1.91. The molecule has 0 bridgehead atoms. The van der Waals surface area contributed by atoms with Crippen LogP contribution < -0.4 is 11.1 Å².